The summed E-state index contributed by atoms with van der Waals surface area (Å²) in [5, 5.41) is 3.50. The number of H-pyrrole nitrogens is 1. The summed E-state index contributed by atoms with van der Waals surface area (Å²) in [6, 6.07) is 18.8. The van der Waals surface area contributed by atoms with Crippen molar-refractivity contribution in [3.05, 3.63) is 72.2 Å². The van der Waals surface area contributed by atoms with E-state index in [0.29, 0.717) is 13.1 Å². The Kier molecular flexibility index (Phi) is 8.92. The number of guanidine groups is 1. The molecule has 0 amide bonds. The number of aromatic amines is 1. The fourth-order valence-electron chi connectivity index (χ4n) is 3.84. The molecular weight excluding hydrogens is 515 g/mol. The lowest BCUT2D eigenvalue weighted by Crippen LogP contribution is -2.39. The van der Waals surface area contributed by atoms with Crippen molar-refractivity contribution >= 4 is 35.6 Å². The number of rotatable bonds is 6. The van der Waals surface area contributed by atoms with E-state index in [1.807, 2.05) is 38.5 Å². The van der Waals surface area contributed by atoms with E-state index in [9.17, 15) is 0 Å². The van der Waals surface area contributed by atoms with E-state index >= 15 is 0 Å². The minimum atomic E-state index is 0. The number of benzene rings is 2. The van der Waals surface area contributed by atoms with Crippen LogP contribution in [0.5, 0.6) is 0 Å². The molecule has 0 saturated carbocycles. The number of aromatic nitrogens is 2. The monoisotopic (exact) mass is 546 g/mol. The normalized spacial score (nSPS) is 14.1. The van der Waals surface area contributed by atoms with E-state index in [1.54, 1.807) is 0 Å². The number of imidazole rings is 1. The first-order chi connectivity index (χ1) is 15.2. The molecule has 4 rings (SSSR count). The van der Waals surface area contributed by atoms with Gasteiger partial charge in [0.15, 0.2) is 5.96 Å². The molecule has 2 aromatic carbocycles. The number of anilines is 1. The summed E-state index contributed by atoms with van der Waals surface area (Å²) in [4.78, 5) is 16.9. The first-order valence-corrected chi connectivity index (χ1v) is 10.7. The average Bonchev–Trinajstić information content (AvgIpc) is 3.29. The molecule has 1 saturated heterocycles. The van der Waals surface area contributed by atoms with E-state index in [4.69, 9.17) is 4.74 Å². The smallest absolute Gasteiger partial charge is 0.194 e. The highest BCUT2D eigenvalue weighted by atomic mass is 127. The summed E-state index contributed by atoms with van der Waals surface area (Å²) in [6.07, 6.45) is 1.88. The van der Waals surface area contributed by atoms with Gasteiger partial charge in [0.25, 0.3) is 0 Å². The number of hydrogen-bond donors (Lipinski definition) is 2. The maximum atomic E-state index is 5.50. The number of hydrogen-bond acceptors (Lipinski definition) is 4. The predicted molar refractivity (Wildman–Crippen MR) is 141 cm³/mol. The molecule has 2 heterocycles. The van der Waals surface area contributed by atoms with Crippen LogP contribution in [0, 0.1) is 0 Å². The van der Waals surface area contributed by atoms with Crippen LogP contribution in [-0.2, 0) is 17.8 Å². The topological polar surface area (TPSA) is 68.8 Å². The number of halogens is 1. The molecular formula is C24H31IN6O. The summed E-state index contributed by atoms with van der Waals surface area (Å²) in [5.41, 5.74) is 4.66. The van der Waals surface area contributed by atoms with Crippen LogP contribution in [0.2, 0.25) is 0 Å². The summed E-state index contributed by atoms with van der Waals surface area (Å²) < 4.78 is 5.50. The highest BCUT2D eigenvalue weighted by Gasteiger charge is 2.15. The van der Waals surface area contributed by atoms with Crippen LogP contribution in [0.1, 0.15) is 11.4 Å². The number of para-hydroxylation sites is 1. The third kappa shape index (κ3) is 6.01. The largest absolute Gasteiger partial charge is 0.378 e. The zero-order valence-corrected chi connectivity index (χ0v) is 21.0. The second-order valence-corrected chi connectivity index (χ2v) is 7.59. The van der Waals surface area contributed by atoms with Crippen molar-refractivity contribution < 1.29 is 4.74 Å². The van der Waals surface area contributed by atoms with E-state index in [1.165, 1.54) is 11.3 Å². The highest BCUT2D eigenvalue weighted by molar-refractivity contribution is 14.0. The van der Waals surface area contributed by atoms with E-state index in [2.05, 4.69) is 66.5 Å². The lowest BCUT2D eigenvalue weighted by atomic mass is 10.1. The van der Waals surface area contributed by atoms with E-state index in [0.717, 1.165) is 49.3 Å². The standard InChI is InChI=1S/C24H30N6O.HI/c1-25-24(27-16-20-10-6-7-11-22(20)30-12-14-31-15-13-30)29(2)18-23-26-17-21(28-23)19-8-4-3-5-9-19;/h3-11,17H,12-16,18H2,1-2H3,(H,25,27)(H,26,28);1H. The van der Waals surface area contributed by atoms with Gasteiger partial charge in [-0.15, -0.1) is 24.0 Å². The van der Waals surface area contributed by atoms with Crippen LogP contribution in [0.25, 0.3) is 11.3 Å². The van der Waals surface area contributed by atoms with Gasteiger partial charge in [-0.2, -0.15) is 0 Å². The maximum Gasteiger partial charge on any atom is 0.194 e. The Bertz CT molecular complexity index is 1000. The zero-order chi connectivity index (χ0) is 21.5. The number of nitrogens with zero attached hydrogens (tertiary/aromatic N) is 4. The van der Waals surface area contributed by atoms with Crippen LogP contribution in [-0.4, -0.2) is 61.2 Å². The van der Waals surface area contributed by atoms with Gasteiger partial charge in [-0.05, 0) is 17.2 Å². The number of morpholine rings is 1. The molecule has 1 aromatic heterocycles. The molecule has 0 spiro atoms. The fraction of sp³-hybridized carbons (Fsp3) is 0.333. The first kappa shape index (κ1) is 24.1. The van der Waals surface area contributed by atoms with Crippen LogP contribution in [0.4, 0.5) is 5.69 Å². The van der Waals surface area contributed by atoms with Gasteiger partial charge < -0.3 is 24.8 Å². The molecule has 0 atom stereocenters. The number of ether oxygens (including phenoxy) is 1. The minimum absolute atomic E-state index is 0. The summed E-state index contributed by atoms with van der Waals surface area (Å²) >= 11 is 0. The molecule has 7 nitrogen and oxygen atoms in total. The molecule has 0 radical (unpaired) electrons. The third-order valence-corrected chi connectivity index (χ3v) is 5.45. The van der Waals surface area contributed by atoms with Gasteiger partial charge in [-0.25, -0.2) is 4.98 Å². The Balaban J connectivity index is 0.00000289. The van der Waals surface area contributed by atoms with Crippen molar-refractivity contribution in [1.29, 1.82) is 0 Å². The number of aliphatic imine (C=N–C) groups is 1. The molecule has 1 aliphatic rings. The molecule has 0 bridgehead atoms. The lowest BCUT2D eigenvalue weighted by Gasteiger charge is -2.31. The van der Waals surface area contributed by atoms with Gasteiger partial charge in [0, 0.05) is 39.4 Å². The van der Waals surface area contributed by atoms with Crippen LogP contribution >= 0.6 is 24.0 Å². The second-order valence-electron chi connectivity index (χ2n) is 7.59. The predicted octanol–water partition coefficient (Wildman–Crippen LogP) is 3.74. The van der Waals surface area contributed by atoms with Crippen molar-refractivity contribution in [2.24, 2.45) is 4.99 Å². The second kappa shape index (κ2) is 11.9. The molecule has 32 heavy (non-hydrogen) atoms. The SMILES string of the molecule is CN=C(NCc1ccccc1N1CCOCC1)N(C)Cc1ncc(-c2ccccc2)[nH]1.I. The summed E-state index contributed by atoms with van der Waals surface area (Å²) in [6.45, 7) is 4.75. The van der Waals surface area contributed by atoms with Gasteiger partial charge in [-0.1, -0.05) is 48.5 Å². The van der Waals surface area contributed by atoms with Gasteiger partial charge in [0.2, 0.25) is 0 Å². The Hall–Kier alpha value is -2.59. The third-order valence-electron chi connectivity index (χ3n) is 5.45. The molecule has 1 fully saturated rings. The molecule has 8 heteroatoms. The lowest BCUT2D eigenvalue weighted by molar-refractivity contribution is 0.122. The molecule has 1 aliphatic heterocycles. The van der Waals surface area contributed by atoms with Crippen LogP contribution in [0.15, 0.2) is 65.8 Å². The quantitative estimate of drug-likeness (QED) is 0.280. The van der Waals surface area contributed by atoms with Gasteiger partial charge in [0.1, 0.15) is 5.82 Å². The first-order valence-electron chi connectivity index (χ1n) is 10.7. The Morgan fingerprint density at radius 2 is 1.84 bits per heavy atom. The molecule has 0 unspecified atom stereocenters. The minimum Gasteiger partial charge on any atom is -0.378 e. The van der Waals surface area contributed by atoms with Crippen molar-refractivity contribution in [2.45, 2.75) is 13.1 Å². The van der Waals surface area contributed by atoms with Gasteiger partial charge in [-0.3, -0.25) is 4.99 Å². The van der Waals surface area contributed by atoms with Gasteiger partial charge >= 0.3 is 0 Å². The van der Waals surface area contributed by atoms with Crippen molar-refractivity contribution in [3.63, 3.8) is 0 Å². The van der Waals surface area contributed by atoms with E-state index < -0.39 is 0 Å². The maximum absolute atomic E-state index is 5.50. The Labute approximate surface area is 206 Å². The molecule has 0 aliphatic carbocycles. The highest BCUT2D eigenvalue weighted by Crippen LogP contribution is 2.21. The van der Waals surface area contributed by atoms with Crippen molar-refractivity contribution in [1.82, 2.24) is 20.2 Å². The average molecular weight is 546 g/mol. The summed E-state index contributed by atoms with van der Waals surface area (Å²) in [5.74, 6) is 1.73. The summed E-state index contributed by atoms with van der Waals surface area (Å²) in [7, 11) is 3.83. The fourth-order valence-corrected chi connectivity index (χ4v) is 3.84. The zero-order valence-electron chi connectivity index (χ0n) is 18.6. The number of nitrogens with one attached hydrogen (secondary N) is 2. The molecule has 2 N–H and O–H groups in total. The molecule has 3 aromatic rings. The van der Waals surface area contributed by atoms with Gasteiger partial charge in [0.05, 0.1) is 31.6 Å². The molecule has 170 valence electrons. The van der Waals surface area contributed by atoms with E-state index in [-0.39, 0.29) is 24.0 Å². The van der Waals surface area contributed by atoms with Crippen LogP contribution < -0.4 is 10.2 Å². The van der Waals surface area contributed by atoms with Crippen LogP contribution in [0.3, 0.4) is 0 Å². The Morgan fingerprint density at radius 1 is 1.12 bits per heavy atom. The van der Waals surface area contributed by atoms with Crippen molar-refractivity contribution in [2.75, 3.05) is 45.3 Å². The van der Waals surface area contributed by atoms with Crippen molar-refractivity contribution in [3.8, 4) is 11.3 Å². The Morgan fingerprint density at radius 3 is 2.59 bits per heavy atom.